The van der Waals surface area contributed by atoms with Gasteiger partial charge in [-0.05, 0) is 0 Å². The van der Waals surface area contributed by atoms with Crippen molar-refractivity contribution in [1.82, 2.24) is 0 Å². The summed E-state index contributed by atoms with van der Waals surface area (Å²) in [7, 11) is 0. The zero-order valence-electron chi connectivity index (χ0n) is 6.68. The van der Waals surface area contributed by atoms with Crippen LogP contribution in [-0.2, 0) is 4.74 Å². The van der Waals surface area contributed by atoms with Crippen LogP contribution in [0.5, 0.6) is 0 Å². The van der Waals surface area contributed by atoms with Crippen LogP contribution in [0.1, 0.15) is 0 Å². The van der Waals surface area contributed by atoms with Crippen molar-refractivity contribution in [2.75, 3.05) is 26.4 Å². The third-order valence-electron chi connectivity index (χ3n) is 1.04. The van der Waals surface area contributed by atoms with Gasteiger partial charge in [-0.1, -0.05) is 0 Å². The number of hydrogen-bond acceptors (Lipinski definition) is 5. The van der Waals surface area contributed by atoms with E-state index in [2.05, 4.69) is 0 Å². The fourth-order valence-corrected chi connectivity index (χ4v) is 0.446. The summed E-state index contributed by atoms with van der Waals surface area (Å²) in [5.74, 6) is 0. The fourth-order valence-electron chi connectivity index (χ4n) is 0.446. The van der Waals surface area contributed by atoms with Gasteiger partial charge in [-0.3, -0.25) is 0 Å². The molecule has 2 atom stereocenters. The number of hydrogen-bond donors (Lipinski definition) is 4. The highest BCUT2D eigenvalue weighted by Crippen LogP contribution is 1.87. The molecule has 0 saturated carbocycles. The van der Waals surface area contributed by atoms with Crippen LogP contribution in [0.25, 0.3) is 0 Å². The molecule has 0 amide bonds. The lowest BCUT2D eigenvalue weighted by Crippen LogP contribution is -2.25. The molecular weight excluding hydrogens is 184 g/mol. The Labute approximate surface area is 78.0 Å². The molecule has 0 rings (SSSR count). The Hall–Kier alpha value is 0.150. The highest BCUT2D eigenvalue weighted by molar-refractivity contribution is 7.59. The normalized spacial score (nSPS) is 15.0. The molecule has 0 heterocycles. The summed E-state index contributed by atoms with van der Waals surface area (Å²) in [6, 6.07) is 0. The maximum Gasteiger partial charge on any atom is 0.100 e. The molecule has 0 aromatic carbocycles. The first kappa shape index (κ1) is 14.7. The molecule has 6 heteroatoms. The summed E-state index contributed by atoms with van der Waals surface area (Å²) in [5, 5.41) is 34.1. The number of aliphatic hydroxyl groups excluding tert-OH is 4. The lowest BCUT2D eigenvalue weighted by atomic mass is 10.4. The Morgan fingerprint density at radius 2 is 1.25 bits per heavy atom. The van der Waals surface area contributed by atoms with Crippen molar-refractivity contribution in [2.45, 2.75) is 12.2 Å². The summed E-state index contributed by atoms with van der Waals surface area (Å²) in [6.45, 7) is -0.800. The van der Waals surface area contributed by atoms with Gasteiger partial charge >= 0.3 is 0 Å². The molecule has 0 aliphatic heterocycles. The topological polar surface area (TPSA) is 90.2 Å². The molecule has 0 aliphatic carbocycles. The van der Waals surface area contributed by atoms with Crippen LogP contribution in [0.2, 0.25) is 0 Å². The molecule has 4 N–H and O–H groups in total. The van der Waals surface area contributed by atoms with Crippen molar-refractivity contribution in [3.05, 3.63) is 0 Å². The van der Waals surface area contributed by atoms with E-state index in [1.54, 1.807) is 0 Å². The first-order chi connectivity index (χ1) is 5.20. The predicted molar refractivity (Wildman–Crippen MR) is 47.4 cm³/mol. The number of aliphatic hydroxyl groups is 4. The van der Waals surface area contributed by atoms with E-state index in [9.17, 15) is 0 Å². The van der Waals surface area contributed by atoms with Gasteiger partial charge in [0.05, 0.1) is 26.4 Å². The largest absolute Gasteiger partial charge is 0.394 e. The van der Waals surface area contributed by atoms with Crippen LogP contribution in [0.3, 0.4) is 0 Å². The van der Waals surface area contributed by atoms with E-state index >= 15 is 0 Å². The van der Waals surface area contributed by atoms with E-state index in [1.807, 2.05) is 0 Å². The Balaban J connectivity index is 0. The molecule has 76 valence electrons. The van der Waals surface area contributed by atoms with Gasteiger partial charge in [-0.15, -0.1) is 0 Å². The van der Waals surface area contributed by atoms with Crippen molar-refractivity contribution in [2.24, 2.45) is 0 Å². The van der Waals surface area contributed by atoms with Crippen LogP contribution in [0, 0.1) is 0 Å². The molecule has 0 saturated heterocycles. The van der Waals surface area contributed by atoms with E-state index in [0.717, 1.165) is 0 Å². The highest BCUT2D eigenvalue weighted by Gasteiger charge is 2.04. The van der Waals surface area contributed by atoms with Crippen molar-refractivity contribution in [1.29, 1.82) is 0 Å². The third kappa shape index (κ3) is 8.25. The Bertz CT molecular complexity index is 82.0. The minimum Gasteiger partial charge on any atom is -0.394 e. The van der Waals surface area contributed by atoms with Crippen molar-refractivity contribution < 1.29 is 25.2 Å². The quantitative estimate of drug-likeness (QED) is 0.391. The molecule has 2 unspecified atom stereocenters. The zero-order chi connectivity index (χ0) is 8.69. The standard InChI is InChI=1S/C6H14O5.H2S/c7-1-5(9)3-11-4-6(10)2-8;/h5-10H,1-4H2;1H2. The second kappa shape index (κ2) is 9.24. The van der Waals surface area contributed by atoms with E-state index in [1.165, 1.54) is 0 Å². The van der Waals surface area contributed by atoms with Crippen molar-refractivity contribution >= 4 is 13.5 Å². The van der Waals surface area contributed by atoms with Crippen molar-refractivity contribution in [3.63, 3.8) is 0 Å². The van der Waals surface area contributed by atoms with Crippen LogP contribution in [0.15, 0.2) is 0 Å². The number of rotatable bonds is 6. The Morgan fingerprint density at radius 1 is 0.917 bits per heavy atom. The average Bonchev–Trinajstić information content (AvgIpc) is 2.04. The van der Waals surface area contributed by atoms with E-state index < -0.39 is 12.2 Å². The van der Waals surface area contributed by atoms with E-state index in [-0.39, 0.29) is 39.9 Å². The molecule has 0 bridgehead atoms. The first-order valence-electron chi connectivity index (χ1n) is 3.36. The molecule has 0 aromatic rings. The minimum absolute atomic E-state index is 0. The average molecular weight is 200 g/mol. The molecule has 0 aromatic heterocycles. The van der Waals surface area contributed by atoms with Gasteiger partial charge < -0.3 is 25.2 Å². The van der Waals surface area contributed by atoms with Gasteiger partial charge in [-0.25, -0.2) is 0 Å². The van der Waals surface area contributed by atoms with Gasteiger partial charge in [0.15, 0.2) is 0 Å². The van der Waals surface area contributed by atoms with Crippen LogP contribution in [0.4, 0.5) is 0 Å². The molecule has 0 radical (unpaired) electrons. The molecule has 12 heavy (non-hydrogen) atoms. The summed E-state index contributed by atoms with van der Waals surface area (Å²) >= 11 is 0. The SMILES string of the molecule is OCC(O)COCC(O)CO.S. The lowest BCUT2D eigenvalue weighted by molar-refractivity contribution is -0.0364. The molecular formula is C6H16O5S. The van der Waals surface area contributed by atoms with E-state index in [4.69, 9.17) is 25.2 Å². The smallest absolute Gasteiger partial charge is 0.100 e. The Kier molecular flexibility index (Phi) is 11.3. The van der Waals surface area contributed by atoms with Crippen LogP contribution < -0.4 is 0 Å². The summed E-state index contributed by atoms with van der Waals surface area (Å²) in [4.78, 5) is 0. The third-order valence-corrected chi connectivity index (χ3v) is 1.04. The number of ether oxygens (including phenoxy) is 1. The second-order valence-electron chi connectivity index (χ2n) is 2.21. The summed E-state index contributed by atoms with van der Waals surface area (Å²) in [6.07, 6.45) is -1.83. The highest BCUT2D eigenvalue weighted by atomic mass is 32.1. The first-order valence-corrected chi connectivity index (χ1v) is 3.36. The lowest BCUT2D eigenvalue weighted by Gasteiger charge is -2.10. The minimum atomic E-state index is -0.916. The van der Waals surface area contributed by atoms with Gasteiger partial charge in [0.1, 0.15) is 12.2 Å². The van der Waals surface area contributed by atoms with Crippen LogP contribution in [-0.4, -0.2) is 59.1 Å². The van der Waals surface area contributed by atoms with Crippen LogP contribution >= 0.6 is 13.5 Å². The molecule has 5 nitrogen and oxygen atoms in total. The molecule has 0 spiro atoms. The summed E-state index contributed by atoms with van der Waals surface area (Å²) < 4.78 is 4.72. The fraction of sp³-hybridized carbons (Fsp3) is 1.00. The summed E-state index contributed by atoms with van der Waals surface area (Å²) in [5.41, 5.74) is 0. The Morgan fingerprint density at radius 3 is 1.50 bits per heavy atom. The maximum atomic E-state index is 8.72. The molecule has 0 aliphatic rings. The van der Waals surface area contributed by atoms with Gasteiger partial charge in [0.25, 0.3) is 0 Å². The monoisotopic (exact) mass is 200 g/mol. The van der Waals surface area contributed by atoms with Crippen molar-refractivity contribution in [3.8, 4) is 0 Å². The zero-order valence-corrected chi connectivity index (χ0v) is 7.68. The van der Waals surface area contributed by atoms with Gasteiger partial charge in [0, 0.05) is 0 Å². The van der Waals surface area contributed by atoms with Gasteiger partial charge in [0.2, 0.25) is 0 Å². The molecule has 0 fully saturated rings. The van der Waals surface area contributed by atoms with Gasteiger partial charge in [-0.2, -0.15) is 13.5 Å². The maximum absolute atomic E-state index is 8.72. The second-order valence-corrected chi connectivity index (χ2v) is 2.21. The van der Waals surface area contributed by atoms with E-state index in [0.29, 0.717) is 0 Å². The predicted octanol–water partition coefficient (Wildman–Crippen LogP) is -2.18.